The summed E-state index contributed by atoms with van der Waals surface area (Å²) in [5.41, 5.74) is 2.36. The zero-order valence-electron chi connectivity index (χ0n) is 14.9. The first-order chi connectivity index (χ1) is 13.0. The smallest absolute Gasteiger partial charge is 0.387 e. The molecule has 0 aliphatic rings. The molecule has 144 valence electrons. The Morgan fingerprint density at radius 3 is 2.22 bits per heavy atom. The average molecular weight is 377 g/mol. The molecule has 0 saturated carbocycles. The Labute approximate surface area is 156 Å². The lowest BCUT2D eigenvalue weighted by molar-refractivity contribution is -0.124. The molecule has 0 aromatic heterocycles. The van der Waals surface area contributed by atoms with Crippen LogP contribution in [0.3, 0.4) is 0 Å². The van der Waals surface area contributed by atoms with Gasteiger partial charge in [-0.25, -0.2) is 4.79 Å². The highest BCUT2D eigenvalue weighted by molar-refractivity contribution is 5.91. The second-order valence-corrected chi connectivity index (χ2v) is 5.75. The topological polar surface area (TPSA) is 64.6 Å². The highest BCUT2D eigenvalue weighted by Crippen LogP contribution is 2.15. The third kappa shape index (κ3) is 7.05. The quantitative estimate of drug-likeness (QED) is 0.681. The Bertz CT molecular complexity index is 746. The molecule has 0 heterocycles. The van der Waals surface area contributed by atoms with Crippen molar-refractivity contribution in [3.63, 3.8) is 0 Å². The fourth-order valence-electron chi connectivity index (χ4n) is 2.33. The number of carbonyl (C=O) groups is 2. The van der Waals surface area contributed by atoms with Gasteiger partial charge in [-0.05, 0) is 48.2 Å². The molecule has 0 radical (unpaired) electrons. The van der Waals surface area contributed by atoms with E-state index in [1.54, 1.807) is 24.3 Å². The van der Waals surface area contributed by atoms with Crippen LogP contribution < -0.4 is 10.1 Å². The van der Waals surface area contributed by atoms with Gasteiger partial charge in [-0.15, -0.1) is 0 Å². The second-order valence-electron chi connectivity index (χ2n) is 5.75. The first-order valence-electron chi connectivity index (χ1n) is 8.54. The molecule has 0 fully saturated rings. The number of esters is 1. The van der Waals surface area contributed by atoms with Gasteiger partial charge in [0.25, 0.3) is 5.91 Å². The Hall–Kier alpha value is -2.96. The summed E-state index contributed by atoms with van der Waals surface area (Å²) in [6.45, 7) is -0.877. The van der Waals surface area contributed by atoms with Crippen LogP contribution >= 0.6 is 0 Å². The van der Waals surface area contributed by atoms with Crippen LogP contribution in [0.15, 0.2) is 48.5 Å². The Kier molecular flexibility index (Phi) is 7.73. The van der Waals surface area contributed by atoms with Crippen molar-refractivity contribution < 1.29 is 27.8 Å². The minimum absolute atomic E-state index is 0.0802. The normalized spacial score (nSPS) is 10.5. The predicted molar refractivity (Wildman–Crippen MR) is 95.9 cm³/mol. The van der Waals surface area contributed by atoms with Gasteiger partial charge in [0.15, 0.2) is 6.61 Å². The monoisotopic (exact) mass is 377 g/mol. The molecule has 2 rings (SSSR count). The van der Waals surface area contributed by atoms with Gasteiger partial charge in [-0.2, -0.15) is 8.78 Å². The minimum Gasteiger partial charge on any atom is -0.452 e. The summed E-state index contributed by atoms with van der Waals surface area (Å²) in [6.07, 6.45) is 1.38. The van der Waals surface area contributed by atoms with Crippen LogP contribution in [0.2, 0.25) is 0 Å². The minimum atomic E-state index is -2.86. The first kappa shape index (κ1) is 20.4. The molecule has 0 bridgehead atoms. The summed E-state index contributed by atoms with van der Waals surface area (Å²) in [7, 11) is 0. The fourth-order valence-corrected chi connectivity index (χ4v) is 2.33. The molecule has 2 aromatic rings. The van der Waals surface area contributed by atoms with Crippen LogP contribution in [0.1, 0.15) is 28.4 Å². The number of rotatable bonds is 9. The highest BCUT2D eigenvalue weighted by atomic mass is 19.3. The molecule has 0 aliphatic heterocycles. The van der Waals surface area contributed by atoms with Crippen LogP contribution in [-0.4, -0.2) is 31.6 Å². The lowest BCUT2D eigenvalue weighted by atomic mass is 10.1. The summed E-state index contributed by atoms with van der Waals surface area (Å²) >= 11 is 0. The molecule has 1 N–H and O–H groups in total. The number of benzene rings is 2. The Balaban J connectivity index is 1.69. The van der Waals surface area contributed by atoms with Crippen molar-refractivity contribution in [2.24, 2.45) is 0 Å². The summed E-state index contributed by atoms with van der Waals surface area (Å²) < 4.78 is 33.4. The molecule has 27 heavy (non-hydrogen) atoms. The van der Waals surface area contributed by atoms with E-state index in [1.807, 2.05) is 19.1 Å². The van der Waals surface area contributed by atoms with Crippen LogP contribution in [-0.2, 0) is 22.4 Å². The van der Waals surface area contributed by atoms with Crippen molar-refractivity contribution in [3.05, 3.63) is 65.2 Å². The van der Waals surface area contributed by atoms with Crippen molar-refractivity contribution in [1.82, 2.24) is 5.32 Å². The number of ether oxygens (including phenoxy) is 2. The number of carbonyl (C=O) groups excluding carboxylic acids is 2. The molecule has 7 heteroatoms. The maximum Gasteiger partial charge on any atom is 0.387 e. The van der Waals surface area contributed by atoms with Crippen LogP contribution in [0.5, 0.6) is 5.75 Å². The highest BCUT2D eigenvalue weighted by Gasteiger charge is 2.10. The van der Waals surface area contributed by atoms with E-state index in [0.29, 0.717) is 18.5 Å². The summed E-state index contributed by atoms with van der Waals surface area (Å²) in [5.74, 6) is -0.884. The standard InChI is InChI=1S/C20H21F2NO4/c1-2-14-3-7-16(8-4-14)19(25)26-13-18(24)23-12-11-15-5-9-17(10-6-15)27-20(21)22/h3-10,20H,2,11-13H2,1H3,(H,23,24). The molecule has 0 saturated heterocycles. The van der Waals surface area contributed by atoms with Crippen molar-refractivity contribution in [3.8, 4) is 5.75 Å². The predicted octanol–water partition coefficient (Wildman–Crippen LogP) is 3.37. The molecular formula is C20H21F2NO4. The van der Waals surface area contributed by atoms with E-state index in [1.165, 1.54) is 12.1 Å². The Morgan fingerprint density at radius 1 is 1.00 bits per heavy atom. The number of hydrogen-bond acceptors (Lipinski definition) is 4. The van der Waals surface area contributed by atoms with Gasteiger partial charge in [-0.3, -0.25) is 4.79 Å². The van der Waals surface area contributed by atoms with E-state index in [9.17, 15) is 18.4 Å². The zero-order chi connectivity index (χ0) is 19.6. The molecule has 1 amide bonds. The van der Waals surface area contributed by atoms with E-state index in [2.05, 4.69) is 10.1 Å². The van der Waals surface area contributed by atoms with Crippen molar-refractivity contribution >= 4 is 11.9 Å². The van der Waals surface area contributed by atoms with Gasteiger partial charge >= 0.3 is 12.6 Å². The number of nitrogens with one attached hydrogen (secondary N) is 1. The fraction of sp³-hybridized carbons (Fsp3) is 0.300. The van der Waals surface area contributed by atoms with Gasteiger partial charge in [0.1, 0.15) is 5.75 Å². The van der Waals surface area contributed by atoms with E-state index in [4.69, 9.17) is 4.74 Å². The van der Waals surface area contributed by atoms with Gasteiger partial charge in [-0.1, -0.05) is 31.2 Å². The van der Waals surface area contributed by atoms with Crippen molar-refractivity contribution in [2.75, 3.05) is 13.2 Å². The summed E-state index contributed by atoms with van der Waals surface area (Å²) in [5, 5.41) is 2.64. The van der Waals surface area contributed by atoms with Gasteiger partial charge < -0.3 is 14.8 Å². The van der Waals surface area contributed by atoms with Crippen LogP contribution in [0.25, 0.3) is 0 Å². The van der Waals surface area contributed by atoms with Crippen LogP contribution in [0, 0.1) is 0 Å². The third-order valence-electron chi connectivity index (χ3n) is 3.82. The third-order valence-corrected chi connectivity index (χ3v) is 3.82. The van der Waals surface area contributed by atoms with E-state index < -0.39 is 18.5 Å². The van der Waals surface area contributed by atoms with Gasteiger partial charge in [0.05, 0.1) is 5.56 Å². The van der Waals surface area contributed by atoms with E-state index in [0.717, 1.165) is 17.5 Å². The largest absolute Gasteiger partial charge is 0.452 e. The number of halogens is 2. The summed E-state index contributed by atoms with van der Waals surface area (Å²) in [6, 6.07) is 13.2. The maximum absolute atomic E-state index is 12.1. The molecule has 0 aliphatic carbocycles. The van der Waals surface area contributed by atoms with Gasteiger partial charge in [0, 0.05) is 6.54 Å². The van der Waals surface area contributed by atoms with Crippen molar-refractivity contribution in [2.45, 2.75) is 26.4 Å². The number of aryl methyl sites for hydroxylation is 1. The molecule has 5 nitrogen and oxygen atoms in total. The zero-order valence-corrected chi connectivity index (χ0v) is 14.9. The molecule has 0 atom stereocenters. The van der Waals surface area contributed by atoms with Crippen molar-refractivity contribution in [1.29, 1.82) is 0 Å². The average Bonchev–Trinajstić information content (AvgIpc) is 2.67. The second kappa shape index (κ2) is 10.3. The Morgan fingerprint density at radius 2 is 1.63 bits per heavy atom. The van der Waals surface area contributed by atoms with Crippen LogP contribution in [0.4, 0.5) is 8.78 Å². The first-order valence-corrected chi connectivity index (χ1v) is 8.54. The number of alkyl halides is 2. The lowest BCUT2D eigenvalue weighted by Crippen LogP contribution is -2.30. The van der Waals surface area contributed by atoms with E-state index >= 15 is 0 Å². The summed E-state index contributed by atoms with van der Waals surface area (Å²) in [4.78, 5) is 23.6. The van der Waals surface area contributed by atoms with Gasteiger partial charge in [0.2, 0.25) is 0 Å². The molecular weight excluding hydrogens is 356 g/mol. The molecule has 2 aromatic carbocycles. The number of amides is 1. The SMILES string of the molecule is CCc1ccc(C(=O)OCC(=O)NCCc2ccc(OC(F)F)cc2)cc1. The van der Waals surface area contributed by atoms with E-state index in [-0.39, 0.29) is 12.4 Å². The number of hydrogen-bond donors (Lipinski definition) is 1. The molecule has 0 spiro atoms. The lowest BCUT2D eigenvalue weighted by Gasteiger charge is -2.08. The maximum atomic E-state index is 12.1. The molecule has 0 unspecified atom stereocenters.